The summed E-state index contributed by atoms with van der Waals surface area (Å²) in [5, 5.41) is 8.23. The minimum atomic E-state index is -0.776. The fraction of sp³-hybridized carbons (Fsp3) is 0.296. The third-order valence-electron chi connectivity index (χ3n) is 6.18. The lowest BCUT2D eigenvalue weighted by Gasteiger charge is -2.27. The van der Waals surface area contributed by atoms with E-state index < -0.39 is 18.2 Å². The fourth-order valence-corrected chi connectivity index (χ4v) is 4.09. The molecule has 1 aliphatic heterocycles. The van der Waals surface area contributed by atoms with Gasteiger partial charge in [-0.2, -0.15) is 5.10 Å². The largest absolute Gasteiger partial charge is 0.453 e. The van der Waals surface area contributed by atoms with Crippen LogP contribution in [0.3, 0.4) is 0 Å². The topological polar surface area (TPSA) is 117 Å². The molecular weight excluding hydrogens is 458 g/mol. The number of hydrogen-bond donors (Lipinski definition) is 2. The summed E-state index contributed by atoms with van der Waals surface area (Å²) in [6, 6.07) is 14.4. The number of amides is 2. The standard InChI is InChI=1S/C27H29N5O4/c1-16(2)24(31-27(35)36-4)26(34)32-23(13-14-29-32)25-28-15-22(30-25)21-11-9-20(10-12-21)19-7-5-18(6-8-19)17(3)33/h5-12,14-16,23-24H,13H2,1-4H3,(H,28,30)(H,31,35)/t23-,24-/m0/s1. The third kappa shape index (κ3) is 5.19. The van der Waals surface area contributed by atoms with Gasteiger partial charge in [-0.3, -0.25) is 9.59 Å². The maximum Gasteiger partial charge on any atom is 0.407 e. The molecule has 3 aromatic rings. The number of H-pyrrole nitrogens is 1. The molecular formula is C27H29N5O4. The van der Waals surface area contributed by atoms with Gasteiger partial charge >= 0.3 is 6.09 Å². The van der Waals surface area contributed by atoms with Crippen LogP contribution in [0, 0.1) is 5.92 Å². The van der Waals surface area contributed by atoms with Gasteiger partial charge in [-0.05, 0) is 29.5 Å². The molecule has 2 aromatic carbocycles. The number of rotatable bonds is 7. The summed E-state index contributed by atoms with van der Waals surface area (Å²) in [5.41, 5.74) is 4.50. The summed E-state index contributed by atoms with van der Waals surface area (Å²) in [6.45, 7) is 5.25. The average molecular weight is 488 g/mol. The van der Waals surface area contributed by atoms with Gasteiger partial charge in [-0.25, -0.2) is 14.8 Å². The highest BCUT2D eigenvalue weighted by Crippen LogP contribution is 2.30. The van der Waals surface area contributed by atoms with Crippen LogP contribution in [0.1, 0.15) is 49.4 Å². The molecule has 2 amide bonds. The summed E-state index contributed by atoms with van der Waals surface area (Å²) in [7, 11) is 1.26. The smallest absolute Gasteiger partial charge is 0.407 e. The van der Waals surface area contributed by atoms with E-state index in [1.165, 1.54) is 12.1 Å². The summed E-state index contributed by atoms with van der Waals surface area (Å²) in [4.78, 5) is 44.3. The van der Waals surface area contributed by atoms with Gasteiger partial charge < -0.3 is 15.0 Å². The number of methoxy groups -OCH3 is 1. The number of imidazole rings is 1. The molecule has 1 aromatic heterocycles. The Morgan fingerprint density at radius 1 is 1.03 bits per heavy atom. The molecule has 2 heterocycles. The van der Waals surface area contributed by atoms with Gasteiger partial charge in [0, 0.05) is 18.2 Å². The summed E-state index contributed by atoms with van der Waals surface area (Å²) in [6.07, 6.45) is 3.25. The normalized spacial score (nSPS) is 15.7. The van der Waals surface area contributed by atoms with Crippen molar-refractivity contribution in [2.75, 3.05) is 7.11 Å². The molecule has 36 heavy (non-hydrogen) atoms. The van der Waals surface area contributed by atoms with Crippen molar-refractivity contribution in [1.29, 1.82) is 0 Å². The van der Waals surface area contributed by atoms with Crippen molar-refractivity contribution in [3.8, 4) is 22.4 Å². The number of hydrogen-bond acceptors (Lipinski definition) is 6. The summed E-state index contributed by atoms with van der Waals surface area (Å²) in [5.74, 6) is 0.171. The first kappa shape index (κ1) is 24.8. The number of benzene rings is 2. The minimum absolute atomic E-state index is 0.0410. The number of carbonyl (C=O) groups is 3. The maximum absolute atomic E-state index is 13.2. The van der Waals surface area contributed by atoms with Crippen molar-refractivity contribution in [2.24, 2.45) is 11.0 Å². The van der Waals surface area contributed by atoms with Gasteiger partial charge in [0.2, 0.25) is 0 Å². The predicted molar refractivity (Wildman–Crippen MR) is 136 cm³/mol. The van der Waals surface area contributed by atoms with Crippen molar-refractivity contribution in [3.63, 3.8) is 0 Å². The van der Waals surface area contributed by atoms with Gasteiger partial charge in [0.05, 0.1) is 19.0 Å². The third-order valence-corrected chi connectivity index (χ3v) is 6.18. The van der Waals surface area contributed by atoms with E-state index in [0.717, 1.165) is 22.4 Å². The molecule has 186 valence electrons. The summed E-state index contributed by atoms with van der Waals surface area (Å²) >= 11 is 0. The van der Waals surface area contributed by atoms with E-state index >= 15 is 0 Å². The zero-order valence-corrected chi connectivity index (χ0v) is 20.7. The Hall–Kier alpha value is -4.27. The molecule has 2 N–H and O–H groups in total. The monoisotopic (exact) mass is 487 g/mol. The number of carbonyl (C=O) groups excluding carboxylic acids is 3. The SMILES string of the molecule is COC(=O)N[C@H](C(=O)N1N=CC[C@H]1c1ncc(-c2ccc(-c3ccc(C(C)=O)cc3)cc2)[nH]1)C(C)C. The molecule has 9 nitrogen and oxygen atoms in total. The van der Waals surface area contributed by atoms with Crippen molar-refractivity contribution >= 4 is 24.0 Å². The van der Waals surface area contributed by atoms with Crippen LogP contribution in [-0.4, -0.2) is 52.1 Å². The first-order valence-corrected chi connectivity index (χ1v) is 11.7. The number of ether oxygens (including phenoxy) is 1. The van der Waals surface area contributed by atoms with Crippen LogP contribution in [-0.2, 0) is 9.53 Å². The number of nitrogens with one attached hydrogen (secondary N) is 2. The van der Waals surface area contributed by atoms with Gasteiger partial charge in [0.15, 0.2) is 5.78 Å². The lowest BCUT2D eigenvalue weighted by Crippen LogP contribution is -2.50. The van der Waals surface area contributed by atoms with Crippen molar-refractivity contribution in [2.45, 2.75) is 39.3 Å². The van der Waals surface area contributed by atoms with Gasteiger partial charge in [0.25, 0.3) is 5.91 Å². The predicted octanol–water partition coefficient (Wildman–Crippen LogP) is 4.59. The van der Waals surface area contributed by atoms with Crippen LogP contribution in [0.25, 0.3) is 22.4 Å². The van der Waals surface area contributed by atoms with Crippen LogP contribution in [0.2, 0.25) is 0 Å². The van der Waals surface area contributed by atoms with Crippen LogP contribution >= 0.6 is 0 Å². The molecule has 0 unspecified atom stereocenters. The lowest BCUT2D eigenvalue weighted by molar-refractivity contribution is -0.136. The molecule has 9 heteroatoms. The second-order valence-corrected chi connectivity index (χ2v) is 8.98. The average Bonchev–Trinajstić information content (AvgIpc) is 3.56. The van der Waals surface area contributed by atoms with Crippen molar-refractivity contribution < 1.29 is 19.1 Å². The van der Waals surface area contributed by atoms with Gasteiger partial charge in [0.1, 0.15) is 17.9 Å². The number of Topliss-reactive ketones (excluding diaryl/α,β-unsaturated/α-hetero) is 1. The first-order valence-electron chi connectivity index (χ1n) is 11.7. The molecule has 0 radical (unpaired) electrons. The van der Waals surface area contributed by atoms with E-state index in [1.807, 2.05) is 62.4 Å². The molecule has 0 fully saturated rings. The van der Waals surface area contributed by atoms with E-state index in [1.54, 1.807) is 19.3 Å². The number of aromatic nitrogens is 2. The molecule has 0 bridgehead atoms. The highest BCUT2D eigenvalue weighted by molar-refractivity contribution is 5.94. The lowest BCUT2D eigenvalue weighted by atomic mass is 10.0. The Labute approximate surface area is 209 Å². The highest BCUT2D eigenvalue weighted by atomic mass is 16.5. The second kappa shape index (κ2) is 10.6. The zero-order chi connectivity index (χ0) is 25.8. The highest BCUT2D eigenvalue weighted by Gasteiger charge is 2.36. The van der Waals surface area contributed by atoms with E-state index in [-0.39, 0.29) is 17.6 Å². The van der Waals surface area contributed by atoms with E-state index in [4.69, 9.17) is 0 Å². The van der Waals surface area contributed by atoms with Crippen LogP contribution in [0.4, 0.5) is 4.79 Å². The van der Waals surface area contributed by atoms with Crippen LogP contribution in [0.15, 0.2) is 59.8 Å². The number of alkyl carbamates (subject to hydrolysis) is 1. The Kier molecular flexibility index (Phi) is 7.28. The van der Waals surface area contributed by atoms with E-state index in [9.17, 15) is 14.4 Å². The Balaban J connectivity index is 1.50. The maximum atomic E-state index is 13.2. The Bertz CT molecular complexity index is 1280. The second-order valence-electron chi connectivity index (χ2n) is 8.98. The summed E-state index contributed by atoms with van der Waals surface area (Å²) < 4.78 is 4.67. The molecule has 4 rings (SSSR count). The number of ketones is 1. The number of aromatic amines is 1. The van der Waals surface area contributed by atoms with Crippen LogP contribution < -0.4 is 5.32 Å². The molecule has 1 aliphatic rings. The van der Waals surface area contributed by atoms with Crippen molar-refractivity contribution in [3.05, 3.63) is 66.1 Å². The molecule has 0 saturated carbocycles. The first-order chi connectivity index (χ1) is 17.3. The molecule has 0 aliphatic carbocycles. The quantitative estimate of drug-likeness (QED) is 0.473. The van der Waals surface area contributed by atoms with E-state index in [2.05, 4.69) is 25.1 Å². The van der Waals surface area contributed by atoms with Gasteiger partial charge in [-0.1, -0.05) is 62.4 Å². The van der Waals surface area contributed by atoms with E-state index in [0.29, 0.717) is 17.8 Å². The Morgan fingerprint density at radius 3 is 2.22 bits per heavy atom. The molecule has 0 spiro atoms. The molecule has 0 saturated heterocycles. The molecule has 2 atom stereocenters. The van der Waals surface area contributed by atoms with Gasteiger partial charge in [-0.15, -0.1) is 0 Å². The Morgan fingerprint density at radius 2 is 1.64 bits per heavy atom. The minimum Gasteiger partial charge on any atom is -0.453 e. The zero-order valence-electron chi connectivity index (χ0n) is 20.7. The number of nitrogens with zero attached hydrogens (tertiary/aromatic N) is 3. The van der Waals surface area contributed by atoms with Crippen molar-refractivity contribution in [1.82, 2.24) is 20.3 Å². The number of hydrazone groups is 1. The van der Waals surface area contributed by atoms with Crippen LogP contribution in [0.5, 0.6) is 0 Å². The fourth-order valence-electron chi connectivity index (χ4n) is 4.09.